The van der Waals surface area contributed by atoms with Crippen molar-refractivity contribution in [3.63, 3.8) is 0 Å². The molecule has 6 heteroatoms. The summed E-state index contributed by atoms with van der Waals surface area (Å²) in [4.78, 5) is 22.8. The molecule has 0 fully saturated rings. The number of carboxylic acids is 1. The van der Waals surface area contributed by atoms with Gasteiger partial charge in [0.05, 0.1) is 0 Å². The lowest BCUT2D eigenvalue weighted by Crippen LogP contribution is -2.22. The highest BCUT2D eigenvalue weighted by molar-refractivity contribution is 5.92. The maximum absolute atomic E-state index is 11.9. The molecule has 2 aromatic rings. The molecule has 0 saturated carbocycles. The fourth-order valence-electron chi connectivity index (χ4n) is 1.80. The minimum Gasteiger partial charge on any atom is -0.477 e. The lowest BCUT2D eigenvalue weighted by Gasteiger charge is -2.08. The molecular formula is C14H15N3O3. The third-order valence-corrected chi connectivity index (χ3v) is 3.02. The summed E-state index contributed by atoms with van der Waals surface area (Å²) in [5.74, 6) is -1.43. The van der Waals surface area contributed by atoms with E-state index in [1.807, 2.05) is 26.0 Å². The number of nitrogens with one attached hydrogen (secondary N) is 1. The van der Waals surface area contributed by atoms with E-state index in [9.17, 15) is 9.59 Å². The average Bonchev–Trinajstić information content (AvgIpc) is 2.82. The summed E-state index contributed by atoms with van der Waals surface area (Å²) < 4.78 is 1.15. The first kappa shape index (κ1) is 13.8. The Kier molecular flexibility index (Phi) is 3.84. The van der Waals surface area contributed by atoms with Crippen molar-refractivity contribution in [2.75, 3.05) is 5.32 Å². The van der Waals surface area contributed by atoms with Crippen LogP contribution >= 0.6 is 0 Å². The second-order valence-electron chi connectivity index (χ2n) is 4.53. The zero-order chi connectivity index (χ0) is 14.7. The Labute approximate surface area is 116 Å². The van der Waals surface area contributed by atoms with Gasteiger partial charge in [-0.25, -0.2) is 9.48 Å². The molecule has 0 bridgehead atoms. The van der Waals surface area contributed by atoms with Crippen molar-refractivity contribution < 1.29 is 14.7 Å². The number of carboxylic acid groups (broad SMARTS) is 1. The molecule has 1 amide bonds. The summed E-state index contributed by atoms with van der Waals surface area (Å²) in [5.41, 5.74) is 2.89. The highest BCUT2D eigenvalue weighted by atomic mass is 16.4. The highest BCUT2D eigenvalue weighted by Crippen LogP contribution is 2.14. The number of anilines is 1. The van der Waals surface area contributed by atoms with Gasteiger partial charge in [-0.15, -0.1) is 0 Å². The number of aromatic nitrogens is 2. The highest BCUT2D eigenvalue weighted by Gasteiger charge is 2.13. The summed E-state index contributed by atoms with van der Waals surface area (Å²) in [7, 11) is 0. The molecule has 0 aliphatic carbocycles. The van der Waals surface area contributed by atoms with Gasteiger partial charge in [0.2, 0.25) is 5.91 Å². The predicted octanol–water partition coefficient (Wildman–Crippen LogP) is 1.84. The van der Waals surface area contributed by atoms with E-state index in [4.69, 9.17) is 5.11 Å². The fraction of sp³-hybridized carbons (Fsp3) is 0.214. The predicted molar refractivity (Wildman–Crippen MR) is 73.7 cm³/mol. The standard InChI is InChI=1S/C14H15N3O3/c1-9-3-4-11(7-10(9)2)16-13(18)8-17-12(14(19)20)5-6-15-17/h3-7H,8H2,1-2H3,(H,16,18)(H,19,20). The maximum atomic E-state index is 11.9. The van der Waals surface area contributed by atoms with Crippen LogP contribution in [-0.4, -0.2) is 26.8 Å². The van der Waals surface area contributed by atoms with Crippen molar-refractivity contribution in [2.45, 2.75) is 20.4 Å². The number of carbonyl (C=O) groups is 2. The molecule has 2 N–H and O–H groups in total. The van der Waals surface area contributed by atoms with Gasteiger partial charge in [-0.05, 0) is 43.2 Å². The number of benzene rings is 1. The van der Waals surface area contributed by atoms with Crippen LogP contribution in [0.15, 0.2) is 30.5 Å². The molecule has 6 nitrogen and oxygen atoms in total. The zero-order valence-corrected chi connectivity index (χ0v) is 11.3. The normalized spacial score (nSPS) is 10.3. The first-order valence-corrected chi connectivity index (χ1v) is 6.09. The van der Waals surface area contributed by atoms with Gasteiger partial charge in [-0.2, -0.15) is 5.10 Å². The number of aryl methyl sites for hydroxylation is 2. The van der Waals surface area contributed by atoms with Crippen LogP contribution in [0.2, 0.25) is 0 Å². The first-order valence-electron chi connectivity index (χ1n) is 6.09. The summed E-state index contributed by atoms with van der Waals surface area (Å²) in [6.45, 7) is 3.81. The van der Waals surface area contributed by atoms with Crippen LogP contribution < -0.4 is 5.32 Å². The number of rotatable bonds is 4. The molecule has 104 valence electrons. The van der Waals surface area contributed by atoms with E-state index < -0.39 is 5.97 Å². The van der Waals surface area contributed by atoms with Crippen LogP contribution in [0.25, 0.3) is 0 Å². The van der Waals surface area contributed by atoms with Crippen molar-refractivity contribution in [2.24, 2.45) is 0 Å². The van der Waals surface area contributed by atoms with Crippen LogP contribution in [-0.2, 0) is 11.3 Å². The van der Waals surface area contributed by atoms with E-state index in [0.717, 1.165) is 15.8 Å². The molecule has 0 radical (unpaired) electrons. The molecule has 0 atom stereocenters. The molecular weight excluding hydrogens is 258 g/mol. The molecule has 0 saturated heterocycles. The van der Waals surface area contributed by atoms with E-state index in [0.29, 0.717) is 5.69 Å². The Morgan fingerprint density at radius 3 is 2.65 bits per heavy atom. The first-order chi connectivity index (χ1) is 9.47. The van der Waals surface area contributed by atoms with Gasteiger partial charge in [-0.3, -0.25) is 4.79 Å². The number of nitrogens with zero attached hydrogens (tertiary/aromatic N) is 2. The second-order valence-corrected chi connectivity index (χ2v) is 4.53. The van der Waals surface area contributed by atoms with Gasteiger partial charge < -0.3 is 10.4 Å². The largest absolute Gasteiger partial charge is 0.477 e. The smallest absolute Gasteiger partial charge is 0.354 e. The molecule has 1 aromatic heterocycles. The van der Waals surface area contributed by atoms with Gasteiger partial charge in [0, 0.05) is 11.9 Å². The Balaban J connectivity index is 2.07. The van der Waals surface area contributed by atoms with E-state index in [1.54, 1.807) is 6.07 Å². The van der Waals surface area contributed by atoms with Crippen LogP contribution in [0, 0.1) is 13.8 Å². The van der Waals surface area contributed by atoms with Gasteiger partial charge in [-0.1, -0.05) is 6.07 Å². The quantitative estimate of drug-likeness (QED) is 0.890. The zero-order valence-electron chi connectivity index (χ0n) is 11.3. The van der Waals surface area contributed by atoms with Crippen LogP contribution in [0.3, 0.4) is 0 Å². The lowest BCUT2D eigenvalue weighted by molar-refractivity contribution is -0.116. The molecule has 2 rings (SSSR count). The molecule has 0 unspecified atom stereocenters. The number of hydrogen-bond donors (Lipinski definition) is 2. The minimum atomic E-state index is -1.11. The Bertz CT molecular complexity index is 661. The molecule has 0 aliphatic heterocycles. The molecule has 20 heavy (non-hydrogen) atoms. The van der Waals surface area contributed by atoms with Crippen molar-refractivity contribution >= 4 is 17.6 Å². The lowest BCUT2D eigenvalue weighted by atomic mass is 10.1. The Hall–Kier alpha value is -2.63. The third kappa shape index (κ3) is 3.03. The van der Waals surface area contributed by atoms with E-state index in [2.05, 4.69) is 10.4 Å². The monoisotopic (exact) mass is 273 g/mol. The molecule has 1 aromatic carbocycles. The van der Waals surface area contributed by atoms with Crippen molar-refractivity contribution in [3.05, 3.63) is 47.3 Å². The minimum absolute atomic E-state index is 0.0137. The van der Waals surface area contributed by atoms with Crippen molar-refractivity contribution in [1.82, 2.24) is 9.78 Å². The number of carbonyl (C=O) groups excluding carboxylic acids is 1. The molecule has 1 heterocycles. The number of hydrogen-bond acceptors (Lipinski definition) is 3. The fourth-order valence-corrected chi connectivity index (χ4v) is 1.80. The van der Waals surface area contributed by atoms with Crippen LogP contribution in [0.4, 0.5) is 5.69 Å². The maximum Gasteiger partial charge on any atom is 0.354 e. The summed E-state index contributed by atoms with van der Waals surface area (Å²) in [6.07, 6.45) is 1.35. The average molecular weight is 273 g/mol. The van der Waals surface area contributed by atoms with E-state index in [-0.39, 0.29) is 18.1 Å². The topological polar surface area (TPSA) is 84.2 Å². The Morgan fingerprint density at radius 2 is 2.00 bits per heavy atom. The van der Waals surface area contributed by atoms with Gasteiger partial charge in [0.1, 0.15) is 12.2 Å². The number of aromatic carboxylic acids is 1. The van der Waals surface area contributed by atoms with Gasteiger partial charge in [0.15, 0.2) is 0 Å². The SMILES string of the molecule is Cc1ccc(NC(=O)Cn2nccc2C(=O)O)cc1C. The van der Waals surface area contributed by atoms with Crippen molar-refractivity contribution in [3.8, 4) is 0 Å². The van der Waals surface area contributed by atoms with Gasteiger partial charge >= 0.3 is 5.97 Å². The van der Waals surface area contributed by atoms with Crippen LogP contribution in [0.1, 0.15) is 21.6 Å². The third-order valence-electron chi connectivity index (χ3n) is 3.02. The van der Waals surface area contributed by atoms with Crippen LogP contribution in [0.5, 0.6) is 0 Å². The molecule has 0 spiro atoms. The summed E-state index contributed by atoms with van der Waals surface area (Å²) >= 11 is 0. The summed E-state index contributed by atoms with van der Waals surface area (Å²) in [5, 5.41) is 15.5. The Morgan fingerprint density at radius 1 is 1.25 bits per heavy atom. The second kappa shape index (κ2) is 5.56. The van der Waals surface area contributed by atoms with E-state index in [1.165, 1.54) is 12.3 Å². The summed E-state index contributed by atoms with van der Waals surface area (Å²) in [6, 6.07) is 6.95. The molecule has 0 aliphatic rings. The van der Waals surface area contributed by atoms with Crippen molar-refractivity contribution in [1.29, 1.82) is 0 Å². The van der Waals surface area contributed by atoms with Gasteiger partial charge in [0.25, 0.3) is 0 Å². The number of amides is 1. The van der Waals surface area contributed by atoms with E-state index >= 15 is 0 Å².